The van der Waals surface area contributed by atoms with Crippen molar-refractivity contribution in [2.45, 2.75) is 26.8 Å². The monoisotopic (exact) mass is 261 g/mol. The third-order valence-electron chi connectivity index (χ3n) is 2.51. The molecule has 0 spiro atoms. The summed E-state index contributed by atoms with van der Waals surface area (Å²) < 4.78 is 11.0. The van der Waals surface area contributed by atoms with Gasteiger partial charge in [-0.25, -0.2) is 4.98 Å². The fourth-order valence-electron chi connectivity index (χ4n) is 1.69. The van der Waals surface area contributed by atoms with E-state index < -0.39 is 0 Å². The molecule has 1 aromatic carbocycles. The molecule has 1 aromatic heterocycles. The van der Waals surface area contributed by atoms with Gasteiger partial charge in [-0.2, -0.15) is 0 Å². The number of nitrogens with zero attached hydrogens (tertiary/aromatic N) is 1. The average Bonchev–Trinajstić information content (AvgIpc) is 2.79. The van der Waals surface area contributed by atoms with Crippen LogP contribution in [0.3, 0.4) is 0 Å². The van der Waals surface area contributed by atoms with E-state index in [1.807, 2.05) is 25.1 Å². The Labute approximate surface area is 112 Å². The van der Waals surface area contributed by atoms with Crippen LogP contribution in [0, 0.1) is 6.92 Å². The number of aryl methyl sites for hydroxylation is 1. The van der Waals surface area contributed by atoms with E-state index in [4.69, 9.17) is 14.9 Å². The van der Waals surface area contributed by atoms with Gasteiger partial charge in [0.15, 0.2) is 0 Å². The molecule has 0 bridgehead atoms. The van der Waals surface area contributed by atoms with Crippen molar-refractivity contribution in [3.05, 3.63) is 36.0 Å². The van der Waals surface area contributed by atoms with Gasteiger partial charge in [0.05, 0.1) is 19.3 Å². The molecular weight excluding hydrogens is 242 g/mol. The fourth-order valence-corrected chi connectivity index (χ4v) is 1.69. The van der Waals surface area contributed by atoms with E-state index in [-0.39, 0.29) is 0 Å². The number of rotatable bonds is 6. The molecule has 102 valence electrons. The highest BCUT2D eigenvalue weighted by Gasteiger charge is 2.03. The molecule has 19 heavy (non-hydrogen) atoms. The summed E-state index contributed by atoms with van der Waals surface area (Å²) in [4.78, 5) is 4.13. The number of nitrogens with two attached hydrogens (primary N) is 1. The lowest BCUT2D eigenvalue weighted by molar-refractivity contribution is 0.318. The number of oxazole rings is 1. The highest BCUT2D eigenvalue weighted by Crippen LogP contribution is 2.23. The molecule has 0 unspecified atom stereocenters. The van der Waals surface area contributed by atoms with Crippen LogP contribution in [-0.2, 0) is 6.54 Å². The van der Waals surface area contributed by atoms with Crippen LogP contribution in [0.25, 0.3) is 0 Å². The largest absolute Gasteiger partial charge is 0.493 e. The average molecular weight is 261 g/mol. The van der Waals surface area contributed by atoms with E-state index >= 15 is 0 Å². The molecule has 0 aliphatic carbocycles. The Morgan fingerprint density at radius 3 is 2.89 bits per heavy atom. The first-order chi connectivity index (χ1) is 9.17. The molecule has 1 heterocycles. The minimum atomic E-state index is 0.518. The van der Waals surface area contributed by atoms with Gasteiger partial charge in [0.25, 0.3) is 0 Å². The van der Waals surface area contributed by atoms with Crippen LogP contribution in [0.5, 0.6) is 5.75 Å². The van der Waals surface area contributed by atoms with Gasteiger partial charge in [0.2, 0.25) is 5.89 Å². The first-order valence-electron chi connectivity index (χ1n) is 6.36. The van der Waals surface area contributed by atoms with Crippen LogP contribution in [0.1, 0.15) is 25.0 Å². The summed E-state index contributed by atoms with van der Waals surface area (Å²) in [7, 11) is 0. The van der Waals surface area contributed by atoms with E-state index in [0.717, 1.165) is 23.6 Å². The Bertz CT molecular complexity index is 537. The van der Waals surface area contributed by atoms with Crippen LogP contribution in [-0.4, -0.2) is 11.6 Å². The lowest BCUT2D eigenvalue weighted by Gasteiger charge is -2.10. The van der Waals surface area contributed by atoms with Gasteiger partial charge in [-0.15, -0.1) is 0 Å². The number of hydrogen-bond acceptors (Lipinski definition) is 5. The smallest absolute Gasteiger partial charge is 0.213 e. The molecule has 5 heteroatoms. The summed E-state index contributed by atoms with van der Waals surface area (Å²) in [5.74, 6) is 2.22. The zero-order valence-electron chi connectivity index (χ0n) is 11.3. The zero-order valence-corrected chi connectivity index (χ0v) is 11.3. The number of nitrogen functional groups attached to an aromatic ring is 1. The second-order valence-corrected chi connectivity index (χ2v) is 4.36. The molecule has 0 fully saturated rings. The molecule has 0 atom stereocenters. The van der Waals surface area contributed by atoms with Gasteiger partial charge in [-0.1, -0.05) is 6.92 Å². The molecule has 0 saturated carbocycles. The molecule has 0 aliphatic rings. The first-order valence-corrected chi connectivity index (χ1v) is 6.36. The summed E-state index contributed by atoms with van der Waals surface area (Å²) in [5.41, 5.74) is 7.40. The number of nitrogens with one attached hydrogen (secondary N) is 1. The van der Waals surface area contributed by atoms with Crippen molar-refractivity contribution in [1.82, 2.24) is 4.98 Å². The topological polar surface area (TPSA) is 73.3 Å². The third-order valence-corrected chi connectivity index (χ3v) is 2.51. The molecule has 3 N–H and O–H groups in total. The maximum atomic E-state index is 5.85. The van der Waals surface area contributed by atoms with Crippen LogP contribution in [0.15, 0.2) is 28.8 Å². The van der Waals surface area contributed by atoms with Gasteiger partial charge in [0, 0.05) is 23.5 Å². The zero-order chi connectivity index (χ0) is 13.7. The molecule has 0 aliphatic heterocycles. The summed E-state index contributed by atoms with van der Waals surface area (Å²) in [5, 5.41) is 3.22. The molecule has 0 saturated heterocycles. The van der Waals surface area contributed by atoms with E-state index in [0.29, 0.717) is 24.7 Å². The Balaban J connectivity index is 2.01. The van der Waals surface area contributed by atoms with Crippen LogP contribution < -0.4 is 15.8 Å². The van der Waals surface area contributed by atoms with Crippen molar-refractivity contribution in [2.75, 3.05) is 17.7 Å². The minimum absolute atomic E-state index is 0.518. The number of hydrogen-bond donors (Lipinski definition) is 2. The molecule has 5 nitrogen and oxygen atoms in total. The number of ether oxygens (including phenoxy) is 1. The molecule has 0 radical (unpaired) electrons. The Morgan fingerprint density at radius 1 is 1.37 bits per heavy atom. The van der Waals surface area contributed by atoms with Crippen molar-refractivity contribution in [2.24, 2.45) is 0 Å². The van der Waals surface area contributed by atoms with Crippen molar-refractivity contribution in [3.63, 3.8) is 0 Å². The van der Waals surface area contributed by atoms with E-state index in [9.17, 15) is 0 Å². The lowest BCUT2D eigenvalue weighted by Crippen LogP contribution is -2.02. The maximum Gasteiger partial charge on any atom is 0.213 e. The molecular formula is C14H19N3O2. The third kappa shape index (κ3) is 3.91. The summed E-state index contributed by atoms with van der Waals surface area (Å²) in [6.07, 6.45) is 2.67. The molecule has 0 amide bonds. The number of benzene rings is 1. The quantitative estimate of drug-likeness (QED) is 0.782. The Morgan fingerprint density at radius 2 is 2.21 bits per heavy atom. The van der Waals surface area contributed by atoms with Gasteiger partial charge >= 0.3 is 0 Å². The van der Waals surface area contributed by atoms with Crippen molar-refractivity contribution in [1.29, 1.82) is 0 Å². The highest BCUT2D eigenvalue weighted by molar-refractivity contribution is 5.59. The number of anilines is 2. The minimum Gasteiger partial charge on any atom is -0.493 e. The fraction of sp³-hybridized carbons (Fsp3) is 0.357. The number of aromatic nitrogens is 1. The van der Waals surface area contributed by atoms with E-state index in [1.165, 1.54) is 0 Å². The van der Waals surface area contributed by atoms with Crippen molar-refractivity contribution >= 4 is 11.4 Å². The predicted octanol–water partition coefficient (Wildman–Crippen LogP) is 2.97. The molecule has 2 aromatic rings. The predicted molar refractivity (Wildman–Crippen MR) is 75.2 cm³/mol. The maximum absolute atomic E-state index is 5.85. The van der Waals surface area contributed by atoms with Crippen LogP contribution >= 0.6 is 0 Å². The SMILES string of the molecule is CCCOc1cc(N)cc(NCc2ncc(C)o2)c1. The van der Waals surface area contributed by atoms with Crippen LogP contribution in [0.2, 0.25) is 0 Å². The lowest BCUT2D eigenvalue weighted by atomic mass is 10.2. The standard InChI is InChI=1S/C14H19N3O2/c1-3-4-18-13-6-11(15)5-12(7-13)16-9-14-17-8-10(2)19-14/h5-8,16H,3-4,9,15H2,1-2H3. The normalized spacial score (nSPS) is 10.4. The highest BCUT2D eigenvalue weighted by atomic mass is 16.5. The van der Waals surface area contributed by atoms with Crippen molar-refractivity contribution < 1.29 is 9.15 Å². The van der Waals surface area contributed by atoms with E-state index in [2.05, 4.69) is 17.2 Å². The summed E-state index contributed by atoms with van der Waals surface area (Å²) >= 11 is 0. The van der Waals surface area contributed by atoms with Crippen molar-refractivity contribution in [3.8, 4) is 5.75 Å². The van der Waals surface area contributed by atoms with E-state index in [1.54, 1.807) is 6.20 Å². The summed E-state index contributed by atoms with van der Waals surface area (Å²) in [6.45, 7) is 5.14. The second kappa shape index (κ2) is 6.13. The van der Waals surface area contributed by atoms with Gasteiger partial charge < -0.3 is 20.2 Å². The Kier molecular flexibility index (Phi) is 4.28. The second-order valence-electron chi connectivity index (χ2n) is 4.36. The van der Waals surface area contributed by atoms with Gasteiger partial charge in [0.1, 0.15) is 11.5 Å². The first kappa shape index (κ1) is 13.3. The Hall–Kier alpha value is -2.17. The van der Waals surface area contributed by atoms with Gasteiger partial charge in [-0.3, -0.25) is 0 Å². The summed E-state index contributed by atoms with van der Waals surface area (Å²) in [6, 6.07) is 5.59. The van der Waals surface area contributed by atoms with Crippen LogP contribution in [0.4, 0.5) is 11.4 Å². The van der Waals surface area contributed by atoms with Gasteiger partial charge in [-0.05, 0) is 19.4 Å². The molecule has 2 rings (SSSR count).